The highest BCUT2D eigenvalue weighted by molar-refractivity contribution is 5.76. The Kier molecular flexibility index (Phi) is 5.12. The molecule has 0 aliphatic rings. The van der Waals surface area contributed by atoms with Gasteiger partial charge in [-0.2, -0.15) is 0 Å². The van der Waals surface area contributed by atoms with Crippen molar-refractivity contribution in [2.24, 2.45) is 5.73 Å². The number of rotatable bonds is 5. The number of hydrogen-bond donors (Lipinski definition) is 2. The van der Waals surface area contributed by atoms with Crippen LogP contribution in [0.5, 0.6) is 0 Å². The SMILES string of the molecule is Cc1ccc(C(C)(C)CNC(=O)CC(C)N)c(C)c1. The molecule has 1 atom stereocenters. The molecule has 0 heterocycles. The minimum Gasteiger partial charge on any atom is -0.355 e. The van der Waals surface area contributed by atoms with Crippen molar-refractivity contribution in [3.05, 3.63) is 34.9 Å². The summed E-state index contributed by atoms with van der Waals surface area (Å²) >= 11 is 0. The first kappa shape index (κ1) is 15.7. The van der Waals surface area contributed by atoms with Crippen LogP contribution in [0.1, 0.15) is 43.9 Å². The molecule has 0 aromatic heterocycles. The second kappa shape index (κ2) is 6.20. The summed E-state index contributed by atoms with van der Waals surface area (Å²) in [6.07, 6.45) is 0.378. The van der Waals surface area contributed by atoms with Gasteiger partial charge >= 0.3 is 0 Å². The van der Waals surface area contributed by atoms with Crippen LogP contribution in [0.2, 0.25) is 0 Å². The third-order valence-electron chi connectivity index (χ3n) is 3.35. The van der Waals surface area contributed by atoms with E-state index in [2.05, 4.69) is 51.2 Å². The van der Waals surface area contributed by atoms with Crippen LogP contribution in [0, 0.1) is 13.8 Å². The first-order chi connectivity index (χ1) is 8.72. The number of nitrogens with one attached hydrogen (secondary N) is 1. The number of nitrogens with two attached hydrogens (primary N) is 1. The molecule has 0 aliphatic carbocycles. The van der Waals surface area contributed by atoms with Gasteiger partial charge in [-0.3, -0.25) is 4.79 Å². The first-order valence-corrected chi connectivity index (χ1v) is 6.82. The summed E-state index contributed by atoms with van der Waals surface area (Å²) in [6, 6.07) is 6.36. The van der Waals surface area contributed by atoms with Gasteiger partial charge in [0.15, 0.2) is 0 Å². The van der Waals surface area contributed by atoms with Gasteiger partial charge in [-0.1, -0.05) is 37.6 Å². The topological polar surface area (TPSA) is 55.1 Å². The number of carbonyl (C=O) groups is 1. The maximum atomic E-state index is 11.7. The maximum Gasteiger partial charge on any atom is 0.221 e. The second-order valence-corrected chi connectivity index (χ2v) is 6.16. The largest absolute Gasteiger partial charge is 0.355 e. The van der Waals surface area contributed by atoms with Crippen LogP contribution in [0.3, 0.4) is 0 Å². The van der Waals surface area contributed by atoms with Gasteiger partial charge < -0.3 is 11.1 Å². The Morgan fingerprint density at radius 1 is 1.37 bits per heavy atom. The molecule has 0 bridgehead atoms. The molecule has 0 radical (unpaired) electrons. The summed E-state index contributed by atoms with van der Waals surface area (Å²) in [5, 5.41) is 2.98. The van der Waals surface area contributed by atoms with Crippen LogP contribution in [-0.4, -0.2) is 18.5 Å². The molecular formula is C16H26N2O. The number of aryl methyl sites for hydroxylation is 2. The average molecular weight is 262 g/mol. The molecule has 1 aromatic carbocycles. The summed E-state index contributed by atoms with van der Waals surface area (Å²) < 4.78 is 0. The molecule has 3 heteroatoms. The molecule has 0 fully saturated rings. The van der Waals surface area contributed by atoms with E-state index in [1.54, 1.807) is 0 Å². The fraction of sp³-hybridized carbons (Fsp3) is 0.562. The number of hydrogen-bond acceptors (Lipinski definition) is 2. The van der Waals surface area contributed by atoms with Gasteiger partial charge in [-0.25, -0.2) is 0 Å². The molecule has 0 spiro atoms. The predicted octanol–water partition coefficient (Wildman–Crippen LogP) is 2.43. The van der Waals surface area contributed by atoms with Gasteiger partial charge in [-0.15, -0.1) is 0 Å². The van der Waals surface area contributed by atoms with Crippen LogP contribution in [0.15, 0.2) is 18.2 Å². The van der Waals surface area contributed by atoms with Gasteiger partial charge in [0.2, 0.25) is 5.91 Å². The third-order valence-corrected chi connectivity index (χ3v) is 3.35. The van der Waals surface area contributed by atoms with Crippen LogP contribution in [0.4, 0.5) is 0 Å². The molecule has 3 N–H and O–H groups in total. The summed E-state index contributed by atoms with van der Waals surface area (Å²) in [7, 11) is 0. The Morgan fingerprint density at radius 2 is 2.00 bits per heavy atom. The molecule has 1 amide bonds. The minimum atomic E-state index is -0.0933. The summed E-state index contributed by atoms with van der Waals surface area (Å²) in [4.78, 5) is 11.7. The molecule has 19 heavy (non-hydrogen) atoms. The quantitative estimate of drug-likeness (QED) is 0.856. The Morgan fingerprint density at radius 3 is 2.53 bits per heavy atom. The Balaban J connectivity index is 2.72. The molecule has 1 unspecified atom stereocenters. The van der Waals surface area contributed by atoms with E-state index in [9.17, 15) is 4.79 Å². The van der Waals surface area contributed by atoms with Crippen molar-refractivity contribution in [2.75, 3.05) is 6.54 Å². The lowest BCUT2D eigenvalue weighted by Gasteiger charge is -2.28. The highest BCUT2D eigenvalue weighted by atomic mass is 16.1. The van der Waals surface area contributed by atoms with Crippen LogP contribution >= 0.6 is 0 Å². The van der Waals surface area contributed by atoms with Crippen LogP contribution in [-0.2, 0) is 10.2 Å². The molecule has 0 aliphatic heterocycles. The van der Waals surface area contributed by atoms with E-state index in [0.717, 1.165) is 0 Å². The van der Waals surface area contributed by atoms with Crippen molar-refractivity contribution < 1.29 is 4.79 Å². The molecule has 1 rings (SSSR count). The van der Waals surface area contributed by atoms with Crippen LogP contribution < -0.4 is 11.1 Å². The second-order valence-electron chi connectivity index (χ2n) is 6.16. The molecule has 3 nitrogen and oxygen atoms in total. The Bertz CT molecular complexity index is 450. The van der Waals surface area contributed by atoms with Crippen molar-refractivity contribution in [3.63, 3.8) is 0 Å². The maximum absolute atomic E-state index is 11.7. The first-order valence-electron chi connectivity index (χ1n) is 6.82. The average Bonchev–Trinajstić information content (AvgIpc) is 2.25. The number of carbonyl (C=O) groups excluding carboxylic acids is 1. The van der Waals surface area contributed by atoms with Crippen molar-refractivity contribution in [2.45, 2.75) is 52.5 Å². The summed E-state index contributed by atoms with van der Waals surface area (Å²) in [5.41, 5.74) is 9.35. The van der Waals surface area contributed by atoms with Gasteiger partial charge in [0.25, 0.3) is 0 Å². The minimum absolute atomic E-state index is 0.0211. The fourth-order valence-electron chi connectivity index (χ4n) is 2.35. The van der Waals surface area contributed by atoms with Crippen molar-refractivity contribution in [1.82, 2.24) is 5.32 Å². The van der Waals surface area contributed by atoms with E-state index < -0.39 is 0 Å². The molecule has 1 aromatic rings. The number of benzene rings is 1. The van der Waals surface area contributed by atoms with Gasteiger partial charge in [0, 0.05) is 24.4 Å². The van der Waals surface area contributed by atoms with E-state index in [1.165, 1.54) is 16.7 Å². The Labute approximate surface area is 116 Å². The van der Waals surface area contributed by atoms with E-state index in [0.29, 0.717) is 13.0 Å². The molecular weight excluding hydrogens is 236 g/mol. The lowest BCUT2D eigenvalue weighted by Crippen LogP contribution is -2.39. The van der Waals surface area contributed by atoms with Crippen molar-refractivity contribution in [1.29, 1.82) is 0 Å². The standard InChI is InChI=1S/C16H26N2O/c1-11-6-7-14(12(2)8-11)16(4,5)10-18-15(19)9-13(3)17/h6-8,13H,9-10,17H2,1-5H3,(H,18,19). The molecule has 0 saturated carbocycles. The van der Waals surface area contributed by atoms with Gasteiger partial charge in [-0.05, 0) is 31.9 Å². The zero-order valence-electron chi connectivity index (χ0n) is 12.7. The van der Waals surface area contributed by atoms with E-state index >= 15 is 0 Å². The third kappa shape index (κ3) is 4.67. The van der Waals surface area contributed by atoms with E-state index in [1.807, 2.05) is 6.92 Å². The Hall–Kier alpha value is -1.35. The smallest absolute Gasteiger partial charge is 0.221 e. The summed E-state index contributed by atoms with van der Waals surface area (Å²) in [5.74, 6) is 0.0211. The van der Waals surface area contributed by atoms with Crippen molar-refractivity contribution >= 4 is 5.91 Å². The summed E-state index contributed by atoms with van der Waals surface area (Å²) in [6.45, 7) is 11.0. The van der Waals surface area contributed by atoms with Gasteiger partial charge in [0.1, 0.15) is 0 Å². The lowest BCUT2D eigenvalue weighted by molar-refractivity contribution is -0.121. The molecule has 106 valence electrons. The highest BCUT2D eigenvalue weighted by Crippen LogP contribution is 2.26. The van der Waals surface area contributed by atoms with Crippen molar-refractivity contribution in [3.8, 4) is 0 Å². The van der Waals surface area contributed by atoms with Gasteiger partial charge in [0.05, 0.1) is 0 Å². The van der Waals surface area contributed by atoms with E-state index in [-0.39, 0.29) is 17.4 Å². The normalized spacial score (nSPS) is 13.2. The van der Waals surface area contributed by atoms with E-state index in [4.69, 9.17) is 5.73 Å². The zero-order chi connectivity index (χ0) is 14.6. The predicted molar refractivity (Wildman–Crippen MR) is 80.2 cm³/mol. The lowest BCUT2D eigenvalue weighted by atomic mass is 9.81. The fourth-order valence-corrected chi connectivity index (χ4v) is 2.35. The highest BCUT2D eigenvalue weighted by Gasteiger charge is 2.23. The zero-order valence-corrected chi connectivity index (χ0v) is 12.7. The molecule has 0 saturated heterocycles. The number of amides is 1. The van der Waals surface area contributed by atoms with Crippen LogP contribution in [0.25, 0.3) is 0 Å². The monoisotopic (exact) mass is 262 g/mol.